The van der Waals surface area contributed by atoms with E-state index in [1.807, 2.05) is 54.6 Å². The summed E-state index contributed by atoms with van der Waals surface area (Å²) in [7, 11) is 0. The molecule has 0 aromatic heterocycles. The highest BCUT2D eigenvalue weighted by Crippen LogP contribution is 2.17. The van der Waals surface area contributed by atoms with Gasteiger partial charge in [-0.15, -0.1) is 0 Å². The molecule has 2 aromatic carbocycles. The Kier molecular flexibility index (Phi) is 7.38. The van der Waals surface area contributed by atoms with E-state index in [1.165, 1.54) is 0 Å². The number of unbranched alkanes of at least 4 members (excludes halogenated alkanes) is 1. The third-order valence-electron chi connectivity index (χ3n) is 3.33. The molecule has 0 spiro atoms. The van der Waals surface area contributed by atoms with E-state index in [1.54, 1.807) is 0 Å². The number of alkyl carbamates (subject to hydrolysis) is 1. The third-order valence-corrected chi connectivity index (χ3v) is 3.86. The number of amides is 1. The lowest BCUT2D eigenvalue weighted by Crippen LogP contribution is -2.28. The second-order valence-corrected chi connectivity index (χ2v) is 6.17. The standard InChI is InChI=1S/C20H20BrNO2/c1-2-3-15-24-20(23)22-19(17-10-12-18(21)13-11-17)14-9-16-7-5-4-6-8-16/h4-8,10-13,19H,2-3,15H2,1H3,(H,22,23). The van der Waals surface area contributed by atoms with E-state index in [4.69, 9.17) is 4.74 Å². The second-order valence-electron chi connectivity index (χ2n) is 5.25. The van der Waals surface area contributed by atoms with Gasteiger partial charge in [-0.1, -0.05) is 71.4 Å². The second kappa shape index (κ2) is 9.79. The fraction of sp³-hybridized carbons (Fsp3) is 0.250. The van der Waals surface area contributed by atoms with Crippen LogP contribution in [0.25, 0.3) is 0 Å². The SMILES string of the molecule is CCCCOC(=O)NC(C#Cc1ccccc1)c1ccc(Br)cc1. The van der Waals surface area contributed by atoms with E-state index in [2.05, 4.69) is 40.0 Å². The highest BCUT2D eigenvalue weighted by molar-refractivity contribution is 9.10. The van der Waals surface area contributed by atoms with Gasteiger partial charge in [-0.25, -0.2) is 4.79 Å². The van der Waals surface area contributed by atoms with Gasteiger partial charge in [-0.05, 0) is 36.2 Å². The summed E-state index contributed by atoms with van der Waals surface area (Å²) in [6, 6.07) is 17.0. The molecule has 2 rings (SSSR count). The Morgan fingerprint density at radius 2 is 1.88 bits per heavy atom. The molecule has 0 aliphatic carbocycles. The highest BCUT2D eigenvalue weighted by Gasteiger charge is 2.13. The van der Waals surface area contributed by atoms with E-state index in [-0.39, 0.29) is 0 Å². The van der Waals surface area contributed by atoms with Crippen LogP contribution in [0, 0.1) is 11.8 Å². The number of ether oxygens (including phenoxy) is 1. The van der Waals surface area contributed by atoms with Crippen molar-refractivity contribution in [3.8, 4) is 11.8 Å². The van der Waals surface area contributed by atoms with Crippen molar-refractivity contribution in [3.05, 3.63) is 70.2 Å². The zero-order valence-corrected chi connectivity index (χ0v) is 15.2. The summed E-state index contributed by atoms with van der Waals surface area (Å²) in [4.78, 5) is 12.0. The minimum Gasteiger partial charge on any atom is -0.450 e. The Morgan fingerprint density at radius 1 is 1.17 bits per heavy atom. The molecule has 0 bridgehead atoms. The maximum absolute atomic E-state index is 12.0. The number of hydrogen-bond acceptors (Lipinski definition) is 2. The first-order valence-corrected chi connectivity index (χ1v) is 8.73. The lowest BCUT2D eigenvalue weighted by atomic mass is 10.1. The van der Waals surface area contributed by atoms with E-state index in [9.17, 15) is 4.79 Å². The van der Waals surface area contributed by atoms with Crippen molar-refractivity contribution >= 4 is 22.0 Å². The summed E-state index contributed by atoms with van der Waals surface area (Å²) in [6.07, 6.45) is 1.39. The Labute approximate surface area is 151 Å². The van der Waals surface area contributed by atoms with Crippen molar-refractivity contribution in [1.29, 1.82) is 0 Å². The predicted octanol–water partition coefficient (Wildman–Crippen LogP) is 5.07. The van der Waals surface area contributed by atoms with Crippen LogP contribution in [-0.2, 0) is 4.74 Å². The number of rotatable bonds is 5. The van der Waals surface area contributed by atoms with Crippen molar-refractivity contribution < 1.29 is 9.53 Å². The maximum Gasteiger partial charge on any atom is 0.408 e. The van der Waals surface area contributed by atoms with Crippen molar-refractivity contribution in [1.82, 2.24) is 5.32 Å². The molecule has 0 fully saturated rings. The van der Waals surface area contributed by atoms with Crippen LogP contribution in [0.1, 0.15) is 36.9 Å². The van der Waals surface area contributed by atoms with Gasteiger partial charge in [0.1, 0.15) is 6.04 Å². The fourth-order valence-corrected chi connectivity index (χ4v) is 2.27. The molecule has 0 saturated heterocycles. The van der Waals surface area contributed by atoms with Gasteiger partial charge in [-0.2, -0.15) is 0 Å². The zero-order valence-electron chi connectivity index (χ0n) is 13.6. The smallest absolute Gasteiger partial charge is 0.408 e. The molecule has 1 N–H and O–H groups in total. The van der Waals surface area contributed by atoms with Crippen LogP contribution >= 0.6 is 15.9 Å². The molecule has 4 heteroatoms. The molecule has 2 aromatic rings. The van der Waals surface area contributed by atoms with E-state index in [0.717, 1.165) is 28.4 Å². The third kappa shape index (κ3) is 6.10. The maximum atomic E-state index is 12.0. The van der Waals surface area contributed by atoms with E-state index in [0.29, 0.717) is 6.61 Å². The van der Waals surface area contributed by atoms with Crippen molar-refractivity contribution in [3.63, 3.8) is 0 Å². The van der Waals surface area contributed by atoms with Crippen molar-refractivity contribution in [2.45, 2.75) is 25.8 Å². The van der Waals surface area contributed by atoms with Gasteiger partial charge < -0.3 is 10.1 Å². The summed E-state index contributed by atoms with van der Waals surface area (Å²) < 4.78 is 6.16. The normalized spacial score (nSPS) is 11.1. The first-order chi connectivity index (χ1) is 11.7. The molecule has 0 saturated carbocycles. The van der Waals surface area contributed by atoms with E-state index >= 15 is 0 Å². The largest absolute Gasteiger partial charge is 0.450 e. The summed E-state index contributed by atoms with van der Waals surface area (Å²) in [5.74, 6) is 6.21. The molecule has 1 unspecified atom stereocenters. The van der Waals surface area contributed by atoms with Gasteiger partial charge in [0, 0.05) is 10.0 Å². The first kappa shape index (κ1) is 18.1. The Hall–Kier alpha value is -2.25. The molecule has 0 radical (unpaired) electrons. The average molecular weight is 386 g/mol. The van der Waals surface area contributed by atoms with Gasteiger partial charge in [0.25, 0.3) is 0 Å². The average Bonchev–Trinajstić information content (AvgIpc) is 2.60. The number of carbonyl (C=O) groups excluding carboxylic acids is 1. The molecule has 0 heterocycles. The molecular formula is C20H20BrNO2. The van der Waals surface area contributed by atoms with Crippen LogP contribution in [0.2, 0.25) is 0 Å². The Bertz CT molecular complexity index is 702. The molecule has 124 valence electrons. The van der Waals surface area contributed by atoms with Gasteiger partial charge in [0.15, 0.2) is 0 Å². The Morgan fingerprint density at radius 3 is 2.54 bits per heavy atom. The molecule has 1 atom stereocenters. The topological polar surface area (TPSA) is 38.3 Å². The summed E-state index contributed by atoms with van der Waals surface area (Å²) in [5.41, 5.74) is 1.81. The van der Waals surface area contributed by atoms with Gasteiger partial charge in [-0.3, -0.25) is 0 Å². The number of nitrogens with one attached hydrogen (secondary N) is 1. The van der Waals surface area contributed by atoms with Crippen molar-refractivity contribution in [2.24, 2.45) is 0 Å². The highest BCUT2D eigenvalue weighted by atomic mass is 79.9. The first-order valence-electron chi connectivity index (χ1n) is 7.94. The van der Waals surface area contributed by atoms with Crippen LogP contribution in [0.4, 0.5) is 4.79 Å². The lowest BCUT2D eigenvalue weighted by molar-refractivity contribution is 0.142. The molecule has 0 aliphatic heterocycles. The molecule has 3 nitrogen and oxygen atoms in total. The van der Waals surface area contributed by atoms with E-state index < -0.39 is 12.1 Å². The Balaban J connectivity index is 2.14. The van der Waals surface area contributed by atoms with Crippen LogP contribution < -0.4 is 5.32 Å². The van der Waals surface area contributed by atoms with Gasteiger partial charge >= 0.3 is 6.09 Å². The number of hydrogen-bond donors (Lipinski definition) is 1. The molecule has 1 amide bonds. The molecule has 0 aliphatic rings. The summed E-state index contributed by atoms with van der Waals surface area (Å²) >= 11 is 3.42. The van der Waals surface area contributed by atoms with Gasteiger partial charge in [0.2, 0.25) is 0 Å². The number of benzene rings is 2. The zero-order chi connectivity index (χ0) is 17.2. The lowest BCUT2D eigenvalue weighted by Gasteiger charge is -2.14. The van der Waals surface area contributed by atoms with Crippen molar-refractivity contribution in [2.75, 3.05) is 6.61 Å². The van der Waals surface area contributed by atoms with Crippen LogP contribution in [0.5, 0.6) is 0 Å². The minimum absolute atomic E-state index is 0.418. The predicted molar refractivity (Wildman–Crippen MR) is 99.6 cm³/mol. The van der Waals surface area contributed by atoms with Crippen LogP contribution in [-0.4, -0.2) is 12.7 Å². The number of carbonyl (C=O) groups is 1. The quantitative estimate of drug-likeness (QED) is 0.576. The monoisotopic (exact) mass is 385 g/mol. The summed E-state index contributed by atoms with van der Waals surface area (Å²) in [6.45, 7) is 2.47. The van der Waals surface area contributed by atoms with Crippen LogP contribution in [0.15, 0.2) is 59.1 Å². The minimum atomic E-state index is -0.446. The van der Waals surface area contributed by atoms with Crippen LogP contribution in [0.3, 0.4) is 0 Å². The number of halogens is 1. The molecular weight excluding hydrogens is 366 g/mol. The fourth-order valence-electron chi connectivity index (χ4n) is 2.00. The van der Waals surface area contributed by atoms with Gasteiger partial charge in [0.05, 0.1) is 6.61 Å². The summed E-state index contributed by atoms with van der Waals surface area (Å²) in [5, 5.41) is 2.83. The molecule has 24 heavy (non-hydrogen) atoms.